The fourth-order valence-corrected chi connectivity index (χ4v) is 3.38. The molecule has 2 aliphatic rings. The fourth-order valence-electron chi connectivity index (χ4n) is 3.38. The Morgan fingerprint density at radius 2 is 2.00 bits per heavy atom. The van der Waals surface area contributed by atoms with Crippen molar-refractivity contribution in [2.24, 2.45) is 5.92 Å². The van der Waals surface area contributed by atoms with Gasteiger partial charge in [-0.3, -0.25) is 14.6 Å². The summed E-state index contributed by atoms with van der Waals surface area (Å²) in [5, 5.41) is 13.1. The summed E-state index contributed by atoms with van der Waals surface area (Å²) in [7, 11) is 0. The average Bonchev–Trinajstić information content (AvgIpc) is 3.49. The van der Waals surface area contributed by atoms with E-state index < -0.39 is 0 Å². The van der Waals surface area contributed by atoms with Crippen molar-refractivity contribution in [1.29, 1.82) is 0 Å². The Balaban J connectivity index is 0.000000706. The summed E-state index contributed by atoms with van der Waals surface area (Å²) in [6.07, 6.45) is 3.17. The number of carbonyl (C=O) groups is 2. The van der Waals surface area contributed by atoms with E-state index in [0.717, 1.165) is 5.56 Å². The van der Waals surface area contributed by atoms with Crippen molar-refractivity contribution in [1.82, 2.24) is 20.1 Å². The van der Waals surface area contributed by atoms with Gasteiger partial charge in [-0.05, 0) is 24.3 Å². The second-order valence-electron chi connectivity index (χ2n) is 6.94. The number of aryl methyl sites for hydroxylation is 1. The second kappa shape index (κ2) is 9.32. The summed E-state index contributed by atoms with van der Waals surface area (Å²) in [4.78, 5) is 36.6. The number of hydrogen-bond donors (Lipinski definition) is 3. The van der Waals surface area contributed by atoms with Crippen molar-refractivity contribution in [2.45, 2.75) is 37.9 Å². The van der Waals surface area contributed by atoms with E-state index in [1.807, 2.05) is 23.1 Å². The Kier molecular flexibility index (Phi) is 6.59. The minimum absolute atomic E-state index is 0.0744. The molecule has 2 aromatic rings. The van der Waals surface area contributed by atoms with Crippen LogP contribution in [0.1, 0.15) is 36.8 Å². The van der Waals surface area contributed by atoms with Crippen LogP contribution in [0.2, 0.25) is 0 Å². The Morgan fingerprint density at radius 3 is 2.61 bits per heavy atom. The number of aromatic nitrogens is 3. The molecule has 1 saturated heterocycles. The Hall–Kier alpha value is -2.94. The van der Waals surface area contributed by atoms with Gasteiger partial charge in [-0.25, -0.2) is 9.89 Å². The predicted molar refractivity (Wildman–Crippen MR) is 99.6 cm³/mol. The summed E-state index contributed by atoms with van der Waals surface area (Å²) < 4.78 is 6.28. The lowest BCUT2D eigenvalue weighted by Gasteiger charge is -2.38. The van der Waals surface area contributed by atoms with E-state index in [4.69, 9.17) is 14.6 Å². The van der Waals surface area contributed by atoms with E-state index in [0.29, 0.717) is 37.7 Å². The molecule has 1 aliphatic carbocycles. The second-order valence-corrected chi connectivity index (χ2v) is 6.94. The lowest BCUT2D eigenvalue weighted by atomic mass is 10.0. The number of H-pyrrole nitrogens is 2. The number of amides is 1. The van der Waals surface area contributed by atoms with Gasteiger partial charge >= 0.3 is 5.69 Å². The number of rotatable bonds is 5. The minimum Gasteiger partial charge on any atom is -0.483 e. The van der Waals surface area contributed by atoms with Gasteiger partial charge < -0.3 is 14.7 Å². The molecular formula is C19H24N4O5. The lowest BCUT2D eigenvalue weighted by molar-refractivity contribution is -0.148. The summed E-state index contributed by atoms with van der Waals surface area (Å²) in [6, 6.07) is 10.1. The minimum atomic E-state index is -0.341. The molecule has 1 saturated carbocycles. The number of morpholine rings is 1. The highest BCUT2D eigenvalue weighted by atomic mass is 16.5. The van der Waals surface area contributed by atoms with Crippen LogP contribution in [0.5, 0.6) is 0 Å². The lowest BCUT2D eigenvalue weighted by Crippen LogP contribution is -2.47. The maximum atomic E-state index is 12.7. The maximum absolute atomic E-state index is 12.7. The molecule has 1 amide bonds. The normalized spacial score (nSPS) is 21.5. The number of benzene rings is 1. The fraction of sp³-hybridized carbons (Fsp3) is 0.474. The summed E-state index contributed by atoms with van der Waals surface area (Å²) in [5.74, 6) is 1.17. The van der Waals surface area contributed by atoms with Gasteiger partial charge in [0, 0.05) is 19.4 Å². The molecule has 28 heavy (non-hydrogen) atoms. The van der Waals surface area contributed by atoms with Crippen molar-refractivity contribution in [3.63, 3.8) is 0 Å². The van der Waals surface area contributed by atoms with Crippen LogP contribution >= 0.6 is 0 Å². The third kappa shape index (κ3) is 5.29. The predicted octanol–water partition coefficient (Wildman–Crippen LogP) is 1.11. The molecule has 0 unspecified atom stereocenters. The molecule has 1 aliphatic heterocycles. The average molecular weight is 388 g/mol. The molecule has 2 heterocycles. The number of nitrogens with one attached hydrogen (secondary N) is 2. The molecule has 150 valence electrons. The number of ether oxygens (including phenoxy) is 1. The molecule has 0 radical (unpaired) electrons. The molecular weight excluding hydrogens is 364 g/mol. The van der Waals surface area contributed by atoms with E-state index in [1.165, 1.54) is 12.8 Å². The molecule has 1 aromatic carbocycles. The Bertz CT molecular complexity index is 830. The van der Waals surface area contributed by atoms with Gasteiger partial charge in [-0.15, -0.1) is 0 Å². The van der Waals surface area contributed by atoms with Crippen LogP contribution < -0.4 is 5.69 Å². The molecule has 9 nitrogen and oxygen atoms in total. The van der Waals surface area contributed by atoms with Crippen LogP contribution in [0.4, 0.5) is 0 Å². The van der Waals surface area contributed by atoms with Gasteiger partial charge in [0.05, 0.1) is 12.6 Å². The molecule has 1 aromatic heterocycles. The zero-order valence-electron chi connectivity index (χ0n) is 15.4. The first-order valence-corrected chi connectivity index (χ1v) is 9.30. The van der Waals surface area contributed by atoms with Crippen molar-refractivity contribution >= 4 is 12.4 Å². The van der Waals surface area contributed by atoms with E-state index in [2.05, 4.69) is 27.3 Å². The van der Waals surface area contributed by atoms with Gasteiger partial charge in [-0.2, -0.15) is 5.10 Å². The third-order valence-electron chi connectivity index (χ3n) is 4.92. The number of carboxylic acid groups (broad SMARTS) is 1. The maximum Gasteiger partial charge on any atom is 0.340 e. The standard InChI is InChI=1S/C18H22N4O3.CH2O2/c23-17(9-8-16-19-18(24)21-20-16)22-10-14(12-4-2-1-3-5-12)25-15(11-22)13-6-7-13;2-1-3/h1-5,13-15H,6-11H2,(H2,19,20,21,24);1H,(H,2,3)/t14-,15+;/m0./s1. The molecule has 9 heteroatoms. The molecule has 0 bridgehead atoms. The van der Waals surface area contributed by atoms with Gasteiger partial charge in [0.25, 0.3) is 6.47 Å². The highest BCUT2D eigenvalue weighted by molar-refractivity contribution is 5.76. The number of nitrogens with zero attached hydrogens (tertiary/aromatic N) is 2. The van der Waals surface area contributed by atoms with Crippen molar-refractivity contribution in [2.75, 3.05) is 13.1 Å². The number of carbonyl (C=O) groups excluding carboxylic acids is 1. The monoisotopic (exact) mass is 388 g/mol. The highest BCUT2D eigenvalue weighted by Crippen LogP contribution is 2.39. The van der Waals surface area contributed by atoms with Gasteiger partial charge in [0.2, 0.25) is 5.91 Å². The first-order valence-electron chi connectivity index (χ1n) is 9.30. The van der Waals surface area contributed by atoms with E-state index in [-0.39, 0.29) is 30.3 Å². The largest absolute Gasteiger partial charge is 0.483 e. The highest BCUT2D eigenvalue weighted by Gasteiger charge is 2.39. The molecule has 3 N–H and O–H groups in total. The number of hydrogen-bond acceptors (Lipinski definition) is 5. The van der Waals surface area contributed by atoms with E-state index in [9.17, 15) is 9.59 Å². The van der Waals surface area contributed by atoms with E-state index in [1.54, 1.807) is 0 Å². The van der Waals surface area contributed by atoms with Crippen molar-refractivity contribution in [3.8, 4) is 0 Å². The quantitative estimate of drug-likeness (QED) is 0.658. The molecule has 4 rings (SSSR count). The summed E-state index contributed by atoms with van der Waals surface area (Å²) in [5.41, 5.74) is 0.772. The summed E-state index contributed by atoms with van der Waals surface area (Å²) >= 11 is 0. The van der Waals surface area contributed by atoms with E-state index >= 15 is 0 Å². The first kappa shape index (κ1) is 19.8. The molecule has 0 spiro atoms. The van der Waals surface area contributed by atoms with Gasteiger partial charge in [0.15, 0.2) is 0 Å². The van der Waals surface area contributed by atoms with Crippen LogP contribution in [-0.2, 0) is 20.7 Å². The topological polar surface area (TPSA) is 128 Å². The molecule has 2 fully saturated rings. The van der Waals surface area contributed by atoms with Crippen LogP contribution in [0, 0.1) is 5.92 Å². The van der Waals surface area contributed by atoms with Gasteiger partial charge in [-0.1, -0.05) is 30.3 Å². The van der Waals surface area contributed by atoms with Crippen LogP contribution in [-0.4, -0.2) is 56.8 Å². The van der Waals surface area contributed by atoms with Crippen molar-refractivity contribution < 1.29 is 19.4 Å². The Labute approximate surface area is 161 Å². The molecule has 2 atom stereocenters. The SMILES string of the molecule is O=C(CCc1n[nH]c(=O)[nH]1)N1C[C@@H](c2ccccc2)O[C@@H](C2CC2)C1.O=CO. The zero-order chi connectivity index (χ0) is 19.9. The Morgan fingerprint density at radius 1 is 1.29 bits per heavy atom. The third-order valence-corrected chi connectivity index (χ3v) is 4.92. The van der Waals surface area contributed by atoms with Gasteiger partial charge in [0.1, 0.15) is 11.9 Å². The number of aromatic amines is 2. The smallest absolute Gasteiger partial charge is 0.340 e. The van der Waals surface area contributed by atoms with Crippen LogP contribution in [0.25, 0.3) is 0 Å². The zero-order valence-corrected chi connectivity index (χ0v) is 15.4. The summed E-state index contributed by atoms with van der Waals surface area (Å²) in [6.45, 7) is 0.979. The van der Waals surface area contributed by atoms with Crippen molar-refractivity contribution in [3.05, 3.63) is 52.2 Å². The first-order chi connectivity index (χ1) is 13.6. The van der Waals surface area contributed by atoms with Crippen LogP contribution in [0.3, 0.4) is 0 Å². The van der Waals surface area contributed by atoms with Crippen LogP contribution in [0.15, 0.2) is 35.1 Å².